The maximum absolute atomic E-state index is 5.21. The number of hydrogen-bond donors (Lipinski definition) is 2. The van der Waals surface area contributed by atoms with Crippen LogP contribution in [0.25, 0.3) is 0 Å². The fraction of sp³-hybridized carbons (Fsp3) is 0.417. The molecule has 0 bridgehead atoms. The van der Waals surface area contributed by atoms with E-state index in [-0.39, 0.29) is 0 Å². The maximum Gasteiger partial charge on any atom is 0.170 e. The van der Waals surface area contributed by atoms with Crippen LogP contribution in [0.5, 0.6) is 11.5 Å². The van der Waals surface area contributed by atoms with Crippen LogP contribution in [-0.4, -0.2) is 25.9 Å². The van der Waals surface area contributed by atoms with Crippen molar-refractivity contribution in [2.45, 2.75) is 13.3 Å². The average molecular weight is 254 g/mol. The van der Waals surface area contributed by atoms with E-state index < -0.39 is 0 Å². The third-order valence-corrected chi connectivity index (χ3v) is 2.42. The molecular formula is C12H18N2O2S. The van der Waals surface area contributed by atoms with Crippen LogP contribution >= 0.6 is 12.2 Å². The molecule has 1 rings (SSSR count). The molecule has 0 saturated carbocycles. The molecule has 0 spiro atoms. The molecule has 0 amide bonds. The molecule has 0 aliphatic rings. The summed E-state index contributed by atoms with van der Waals surface area (Å²) in [5.74, 6) is 1.38. The van der Waals surface area contributed by atoms with E-state index >= 15 is 0 Å². The number of methoxy groups -OCH3 is 2. The minimum atomic E-state index is 0.610. The lowest BCUT2D eigenvalue weighted by Gasteiger charge is -2.12. The van der Waals surface area contributed by atoms with Crippen molar-refractivity contribution >= 4 is 23.0 Å². The van der Waals surface area contributed by atoms with Crippen molar-refractivity contribution in [2.24, 2.45) is 0 Å². The Labute approximate surface area is 107 Å². The first-order chi connectivity index (χ1) is 8.21. The number of thiocarbonyl (C=S) groups is 1. The largest absolute Gasteiger partial charge is 0.493 e. The second-order valence-electron chi connectivity index (χ2n) is 3.45. The van der Waals surface area contributed by atoms with Crippen molar-refractivity contribution in [1.29, 1.82) is 0 Å². The lowest BCUT2D eigenvalue weighted by Crippen LogP contribution is -2.28. The number of rotatable bonds is 5. The minimum Gasteiger partial charge on any atom is -0.493 e. The highest BCUT2D eigenvalue weighted by Crippen LogP contribution is 2.29. The van der Waals surface area contributed by atoms with Crippen molar-refractivity contribution in [2.75, 3.05) is 26.1 Å². The van der Waals surface area contributed by atoms with E-state index in [0.717, 1.165) is 18.7 Å². The second-order valence-corrected chi connectivity index (χ2v) is 3.86. The standard InChI is InChI=1S/C12H18N2O2S/c1-4-7-13-12(17)14-9-5-6-10(15-2)11(8-9)16-3/h5-6,8H,4,7H2,1-3H3,(H2,13,14,17). The van der Waals surface area contributed by atoms with E-state index in [0.29, 0.717) is 16.6 Å². The number of hydrogen-bond acceptors (Lipinski definition) is 3. The Morgan fingerprint density at radius 3 is 2.53 bits per heavy atom. The summed E-state index contributed by atoms with van der Waals surface area (Å²) in [4.78, 5) is 0. The smallest absolute Gasteiger partial charge is 0.170 e. The van der Waals surface area contributed by atoms with Crippen molar-refractivity contribution < 1.29 is 9.47 Å². The normalized spacial score (nSPS) is 9.59. The highest BCUT2D eigenvalue weighted by atomic mass is 32.1. The zero-order valence-corrected chi connectivity index (χ0v) is 11.2. The Kier molecular flexibility index (Phi) is 5.56. The van der Waals surface area contributed by atoms with Crippen LogP contribution in [0.15, 0.2) is 18.2 Å². The summed E-state index contributed by atoms with van der Waals surface area (Å²) < 4.78 is 10.4. The van der Waals surface area contributed by atoms with Gasteiger partial charge in [-0.25, -0.2) is 0 Å². The van der Waals surface area contributed by atoms with Crippen molar-refractivity contribution in [3.05, 3.63) is 18.2 Å². The molecule has 4 nitrogen and oxygen atoms in total. The molecule has 0 saturated heterocycles. The second kappa shape index (κ2) is 6.96. The van der Waals surface area contributed by atoms with E-state index in [1.54, 1.807) is 14.2 Å². The molecule has 1 aromatic rings. The maximum atomic E-state index is 5.21. The Bertz CT molecular complexity index is 383. The number of nitrogens with one attached hydrogen (secondary N) is 2. The van der Waals surface area contributed by atoms with E-state index in [4.69, 9.17) is 21.7 Å². The Hall–Kier alpha value is -1.49. The molecule has 0 aromatic heterocycles. The summed E-state index contributed by atoms with van der Waals surface area (Å²) in [6.07, 6.45) is 1.04. The van der Waals surface area contributed by atoms with Gasteiger partial charge in [0.25, 0.3) is 0 Å². The minimum absolute atomic E-state index is 0.610. The molecule has 0 atom stereocenters. The summed E-state index contributed by atoms with van der Waals surface area (Å²) in [7, 11) is 3.22. The lowest BCUT2D eigenvalue weighted by molar-refractivity contribution is 0.355. The van der Waals surface area contributed by atoms with Gasteiger partial charge in [0.2, 0.25) is 0 Å². The fourth-order valence-corrected chi connectivity index (χ4v) is 1.55. The molecule has 0 unspecified atom stereocenters. The monoisotopic (exact) mass is 254 g/mol. The Morgan fingerprint density at radius 2 is 1.94 bits per heavy atom. The number of ether oxygens (including phenoxy) is 2. The van der Waals surface area contributed by atoms with E-state index in [2.05, 4.69) is 17.6 Å². The summed E-state index contributed by atoms with van der Waals surface area (Å²) in [5.41, 5.74) is 0.872. The first-order valence-corrected chi connectivity index (χ1v) is 5.89. The third-order valence-electron chi connectivity index (χ3n) is 2.18. The molecule has 17 heavy (non-hydrogen) atoms. The Balaban J connectivity index is 2.68. The van der Waals surface area contributed by atoms with Gasteiger partial charge in [-0.3, -0.25) is 0 Å². The summed E-state index contributed by atoms with van der Waals surface area (Å²) in [6, 6.07) is 5.57. The van der Waals surface area contributed by atoms with Crippen molar-refractivity contribution in [1.82, 2.24) is 5.32 Å². The van der Waals surface area contributed by atoms with Crippen LogP contribution in [0.4, 0.5) is 5.69 Å². The van der Waals surface area contributed by atoms with E-state index in [1.807, 2.05) is 18.2 Å². The average Bonchev–Trinajstić information content (AvgIpc) is 2.36. The molecule has 0 aliphatic carbocycles. The Morgan fingerprint density at radius 1 is 1.24 bits per heavy atom. The highest BCUT2D eigenvalue weighted by molar-refractivity contribution is 7.80. The van der Waals surface area contributed by atoms with E-state index in [9.17, 15) is 0 Å². The predicted octanol–water partition coefficient (Wildman–Crippen LogP) is 2.40. The SMILES string of the molecule is CCCNC(=S)Nc1ccc(OC)c(OC)c1. The summed E-state index contributed by atoms with van der Waals surface area (Å²) in [5, 5.41) is 6.79. The molecule has 2 N–H and O–H groups in total. The number of anilines is 1. The quantitative estimate of drug-likeness (QED) is 0.790. The molecule has 1 aromatic carbocycles. The lowest BCUT2D eigenvalue weighted by atomic mass is 10.3. The van der Waals surface area contributed by atoms with Gasteiger partial charge in [-0.1, -0.05) is 6.92 Å². The van der Waals surface area contributed by atoms with Crippen LogP contribution in [0, 0.1) is 0 Å². The van der Waals surface area contributed by atoms with E-state index in [1.165, 1.54) is 0 Å². The first kappa shape index (κ1) is 13.6. The molecular weight excluding hydrogens is 236 g/mol. The topological polar surface area (TPSA) is 42.5 Å². The predicted molar refractivity (Wildman–Crippen MR) is 74.1 cm³/mol. The van der Waals surface area contributed by atoms with Crippen LogP contribution < -0.4 is 20.1 Å². The van der Waals surface area contributed by atoms with Crippen molar-refractivity contribution in [3.8, 4) is 11.5 Å². The third kappa shape index (κ3) is 4.11. The van der Waals surface area contributed by atoms with Crippen LogP contribution in [0.1, 0.15) is 13.3 Å². The van der Waals surface area contributed by atoms with Gasteiger partial charge < -0.3 is 20.1 Å². The van der Waals surface area contributed by atoms with Crippen LogP contribution in [0.3, 0.4) is 0 Å². The van der Waals surface area contributed by atoms with Crippen molar-refractivity contribution in [3.63, 3.8) is 0 Å². The molecule has 0 heterocycles. The number of benzene rings is 1. The van der Waals surface area contributed by atoms with Crippen LogP contribution in [0.2, 0.25) is 0 Å². The van der Waals surface area contributed by atoms with Gasteiger partial charge in [0.05, 0.1) is 14.2 Å². The van der Waals surface area contributed by atoms with Gasteiger partial charge in [0.1, 0.15) is 0 Å². The summed E-state index contributed by atoms with van der Waals surface area (Å²) in [6.45, 7) is 2.95. The summed E-state index contributed by atoms with van der Waals surface area (Å²) >= 11 is 5.15. The van der Waals surface area contributed by atoms with Gasteiger partial charge in [-0.2, -0.15) is 0 Å². The molecule has 5 heteroatoms. The fourth-order valence-electron chi connectivity index (χ4n) is 1.33. The first-order valence-electron chi connectivity index (χ1n) is 5.48. The zero-order chi connectivity index (χ0) is 12.7. The zero-order valence-electron chi connectivity index (χ0n) is 10.4. The van der Waals surface area contributed by atoms with Gasteiger partial charge in [0.15, 0.2) is 16.6 Å². The van der Waals surface area contributed by atoms with Gasteiger partial charge in [0, 0.05) is 18.3 Å². The molecule has 0 fully saturated rings. The molecule has 94 valence electrons. The van der Waals surface area contributed by atoms with Crippen LogP contribution in [-0.2, 0) is 0 Å². The molecule has 0 radical (unpaired) electrons. The molecule has 0 aliphatic heterocycles. The highest BCUT2D eigenvalue weighted by Gasteiger charge is 2.05. The van der Waals surface area contributed by atoms with Gasteiger partial charge in [-0.05, 0) is 30.8 Å². The van der Waals surface area contributed by atoms with Gasteiger partial charge >= 0.3 is 0 Å². The van der Waals surface area contributed by atoms with Gasteiger partial charge in [-0.15, -0.1) is 0 Å².